The molecule has 1 rings (SSSR count). The lowest BCUT2D eigenvalue weighted by molar-refractivity contribution is 0.759. The molecule has 3 heteroatoms. The molecule has 0 aliphatic carbocycles. The molecule has 1 aromatic heterocycles. The first-order valence-electron chi connectivity index (χ1n) is 4.73. The van der Waals surface area contributed by atoms with Crippen molar-refractivity contribution in [3.63, 3.8) is 0 Å². The average Bonchev–Trinajstić information content (AvgIpc) is 2.04. The second kappa shape index (κ2) is 4.33. The Hall–Kier alpha value is -0.960. The number of aromatic nitrogens is 2. The highest BCUT2D eigenvalue weighted by atomic mass is 14.9. The van der Waals surface area contributed by atoms with Crippen LogP contribution in [-0.4, -0.2) is 9.97 Å². The van der Waals surface area contributed by atoms with Gasteiger partial charge in [0.1, 0.15) is 5.82 Å². The van der Waals surface area contributed by atoms with Gasteiger partial charge in [-0.15, -0.1) is 0 Å². The quantitative estimate of drug-likeness (QED) is 0.769. The summed E-state index contributed by atoms with van der Waals surface area (Å²) in [5.41, 5.74) is 7.81. The molecule has 0 saturated heterocycles. The molecule has 1 unspecified atom stereocenters. The van der Waals surface area contributed by atoms with E-state index in [2.05, 4.69) is 16.9 Å². The fraction of sp³-hybridized carbons (Fsp3) is 0.600. The van der Waals surface area contributed by atoms with Crippen LogP contribution in [0.4, 0.5) is 0 Å². The van der Waals surface area contributed by atoms with Crippen LogP contribution >= 0.6 is 0 Å². The highest BCUT2D eigenvalue weighted by Crippen LogP contribution is 2.12. The van der Waals surface area contributed by atoms with Gasteiger partial charge in [0.25, 0.3) is 0 Å². The molecule has 0 saturated carbocycles. The average molecular weight is 179 g/mol. The van der Waals surface area contributed by atoms with E-state index in [0.29, 0.717) is 0 Å². The number of rotatable bonds is 3. The summed E-state index contributed by atoms with van der Waals surface area (Å²) in [5, 5.41) is 0. The van der Waals surface area contributed by atoms with Crippen LogP contribution in [0.1, 0.15) is 43.4 Å². The summed E-state index contributed by atoms with van der Waals surface area (Å²) >= 11 is 0. The van der Waals surface area contributed by atoms with Gasteiger partial charge in [-0.2, -0.15) is 0 Å². The fourth-order valence-corrected chi connectivity index (χ4v) is 1.32. The number of nitrogens with two attached hydrogens (primary N) is 1. The molecule has 0 aliphatic rings. The van der Waals surface area contributed by atoms with Gasteiger partial charge in [-0.1, -0.05) is 6.92 Å². The second-order valence-corrected chi connectivity index (χ2v) is 3.37. The second-order valence-electron chi connectivity index (χ2n) is 3.37. The summed E-state index contributed by atoms with van der Waals surface area (Å²) < 4.78 is 0. The van der Waals surface area contributed by atoms with Crippen molar-refractivity contribution in [2.45, 2.75) is 39.7 Å². The van der Waals surface area contributed by atoms with Gasteiger partial charge < -0.3 is 5.73 Å². The zero-order valence-electron chi connectivity index (χ0n) is 8.54. The van der Waals surface area contributed by atoms with Crippen LogP contribution in [0.5, 0.6) is 0 Å². The maximum Gasteiger partial charge on any atom is 0.128 e. The van der Waals surface area contributed by atoms with Gasteiger partial charge in [0, 0.05) is 29.9 Å². The van der Waals surface area contributed by atoms with Crippen LogP contribution in [0, 0.1) is 6.92 Å². The minimum atomic E-state index is 0.0238. The van der Waals surface area contributed by atoms with Gasteiger partial charge in [-0.25, -0.2) is 9.97 Å². The van der Waals surface area contributed by atoms with Crippen LogP contribution in [-0.2, 0) is 6.42 Å². The van der Waals surface area contributed by atoms with Crippen LogP contribution in [0.25, 0.3) is 0 Å². The summed E-state index contributed by atoms with van der Waals surface area (Å²) in [6.45, 7) is 6.06. The highest BCUT2D eigenvalue weighted by molar-refractivity contribution is 5.19. The van der Waals surface area contributed by atoms with Crippen LogP contribution in [0.2, 0.25) is 0 Å². The molecule has 72 valence electrons. The highest BCUT2D eigenvalue weighted by Gasteiger charge is 2.06. The van der Waals surface area contributed by atoms with E-state index in [1.54, 1.807) is 0 Å². The van der Waals surface area contributed by atoms with E-state index in [1.165, 1.54) is 0 Å². The molecule has 1 heterocycles. The zero-order valence-corrected chi connectivity index (χ0v) is 8.54. The normalized spacial score (nSPS) is 12.9. The minimum absolute atomic E-state index is 0.0238. The predicted octanol–water partition coefficient (Wildman–Crippen LogP) is 1.76. The zero-order chi connectivity index (χ0) is 9.84. The Balaban J connectivity index is 2.92. The monoisotopic (exact) mass is 179 g/mol. The third kappa shape index (κ3) is 2.49. The van der Waals surface area contributed by atoms with Gasteiger partial charge >= 0.3 is 0 Å². The molecule has 0 bridgehead atoms. The maximum atomic E-state index is 5.76. The lowest BCUT2D eigenvalue weighted by Crippen LogP contribution is -2.10. The lowest BCUT2D eigenvalue weighted by atomic mass is 10.1. The van der Waals surface area contributed by atoms with Gasteiger partial charge in [-0.3, -0.25) is 0 Å². The topological polar surface area (TPSA) is 51.8 Å². The first-order valence-corrected chi connectivity index (χ1v) is 4.73. The summed E-state index contributed by atoms with van der Waals surface area (Å²) in [4.78, 5) is 8.65. The summed E-state index contributed by atoms with van der Waals surface area (Å²) in [6.07, 6.45) is 3.87. The van der Waals surface area contributed by atoms with E-state index in [1.807, 2.05) is 20.0 Å². The molecule has 2 N–H and O–H groups in total. The SMILES string of the molecule is CCCc1ncc(C(C)N)c(C)n1. The Morgan fingerprint density at radius 1 is 1.54 bits per heavy atom. The Bertz CT molecular complexity index is 281. The maximum absolute atomic E-state index is 5.76. The molecule has 3 nitrogen and oxygen atoms in total. The van der Waals surface area contributed by atoms with E-state index < -0.39 is 0 Å². The van der Waals surface area contributed by atoms with E-state index in [-0.39, 0.29) is 6.04 Å². The molecule has 0 spiro atoms. The van der Waals surface area contributed by atoms with Crippen molar-refractivity contribution < 1.29 is 0 Å². The Morgan fingerprint density at radius 2 is 2.23 bits per heavy atom. The molecule has 1 aromatic rings. The van der Waals surface area contributed by atoms with Crippen molar-refractivity contribution in [1.29, 1.82) is 0 Å². The largest absolute Gasteiger partial charge is 0.324 e. The molecule has 0 fully saturated rings. The number of aryl methyl sites for hydroxylation is 2. The molecule has 1 atom stereocenters. The van der Waals surface area contributed by atoms with Crippen LogP contribution in [0.15, 0.2) is 6.20 Å². The standard InChI is InChI=1S/C10H17N3/c1-4-5-10-12-6-9(7(2)11)8(3)13-10/h6-7H,4-5,11H2,1-3H3. The van der Waals surface area contributed by atoms with Crippen molar-refractivity contribution in [2.75, 3.05) is 0 Å². The number of hydrogen-bond donors (Lipinski definition) is 1. The number of hydrogen-bond acceptors (Lipinski definition) is 3. The summed E-state index contributed by atoms with van der Waals surface area (Å²) in [7, 11) is 0. The molecular weight excluding hydrogens is 162 g/mol. The first kappa shape index (κ1) is 10.1. The molecule has 0 aliphatic heterocycles. The van der Waals surface area contributed by atoms with Gasteiger partial charge in [-0.05, 0) is 20.3 Å². The molecule has 0 aromatic carbocycles. The third-order valence-electron chi connectivity index (χ3n) is 2.03. The number of nitrogens with zero attached hydrogens (tertiary/aromatic N) is 2. The first-order chi connectivity index (χ1) is 6.15. The van der Waals surface area contributed by atoms with Crippen LogP contribution < -0.4 is 5.73 Å². The van der Waals surface area contributed by atoms with E-state index in [9.17, 15) is 0 Å². The molecule has 13 heavy (non-hydrogen) atoms. The minimum Gasteiger partial charge on any atom is -0.324 e. The van der Waals surface area contributed by atoms with Crippen molar-refractivity contribution in [2.24, 2.45) is 5.73 Å². The molecular formula is C10H17N3. The van der Waals surface area contributed by atoms with Gasteiger partial charge in [0.05, 0.1) is 0 Å². The van der Waals surface area contributed by atoms with Crippen molar-refractivity contribution in [3.8, 4) is 0 Å². The van der Waals surface area contributed by atoms with E-state index in [0.717, 1.165) is 29.9 Å². The van der Waals surface area contributed by atoms with Gasteiger partial charge in [0.2, 0.25) is 0 Å². The fourth-order valence-electron chi connectivity index (χ4n) is 1.32. The van der Waals surface area contributed by atoms with Crippen LogP contribution in [0.3, 0.4) is 0 Å². The van der Waals surface area contributed by atoms with Crippen molar-refractivity contribution in [3.05, 3.63) is 23.3 Å². The Labute approximate surface area is 79.4 Å². The molecule has 0 amide bonds. The smallest absolute Gasteiger partial charge is 0.128 e. The van der Waals surface area contributed by atoms with E-state index in [4.69, 9.17) is 5.73 Å². The molecule has 0 radical (unpaired) electrons. The summed E-state index contributed by atoms with van der Waals surface area (Å²) in [6, 6.07) is 0.0238. The van der Waals surface area contributed by atoms with Gasteiger partial charge in [0.15, 0.2) is 0 Å². The van der Waals surface area contributed by atoms with Crippen molar-refractivity contribution >= 4 is 0 Å². The van der Waals surface area contributed by atoms with E-state index >= 15 is 0 Å². The summed E-state index contributed by atoms with van der Waals surface area (Å²) in [5.74, 6) is 0.921. The Morgan fingerprint density at radius 3 is 2.69 bits per heavy atom. The Kier molecular flexibility index (Phi) is 3.37. The van der Waals surface area contributed by atoms with Crippen molar-refractivity contribution in [1.82, 2.24) is 9.97 Å². The lowest BCUT2D eigenvalue weighted by Gasteiger charge is -2.08. The predicted molar refractivity (Wildman–Crippen MR) is 53.4 cm³/mol. The third-order valence-corrected chi connectivity index (χ3v) is 2.03.